The van der Waals surface area contributed by atoms with Gasteiger partial charge in [0.1, 0.15) is 10.8 Å². The topological polar surface area (TPSA) is 64.1 Å². The largest absolute Gasteiger partial charge is 0.493 e. The highest BCUT2D eigenvalue weighted by molar-refractivity contribution is 7.15. The fraction of sp³-hybridized carbons (Fsp3) is 0.389. The van der Waals surface area contributed by atoms with Gasteiger partial charge in [0.05, 0.1) is 6.61 Å². The quantitative estimate of drug-likeness (QED) is 0.687. The lowest BCUT2D eigenvalue weighted by Gasteiger charge is -2.07. The molecule has 0 radical (unpaired) electrons. The summed E-state index contributed by atoms with van der Waals surface area (Å²) in [6.07, 6.45) is 7.28. The number of ether oxygens (including phenoxy) is 1. The number of hydrogen-bond acceptors (Lipinski definition) is 5. The number of unbranched alkanes of at least 4 members (excludes halogenated alkanes) is 1. The lowest BCUT2D eigenvalue weighted by molar-refractivity contribution is -0.111. The number of nitrogens with one attached hydrogen (secondary N) is 1. The molecule has 2 aromatic rings. The van der Waals surface area contributed by atoms with Crippen LogP contribution < -0.4 is 10.1 Å². The normalized spacial score (nSPS) is 10.9. The van der Waals surface area contributed by atoms with E-state index in [0.29, 0.717) is 11.7 Å². The molecule has 128 valence electrons. The summed E-state index contributed by atoms with van der Waals surface area (Å²) in [5, 5.41) is 12.3. The van der Waals surface area contributed by atoms with Crippen molar-refractivity contribution in [1.29, 1.82) is 0 Å². The van der Waals surface area contributed by atoms with Crippen molar-refractivity contribution < 1.29 is 9.53 Å². The molecule has 1 aromatic carbocycles. The van der Waals surface area contributed by atoms with Crippen molar-refractivity contribution in [1.82, 2.24) is 10.2 Å². The van der Waals surface area contributed by atoms with E-state index < -0.39 is 0 Å². The second-order valence-electron chi connectivity index (χ2n) is 5.31. The molecule has 1 aromatic heterocycles. The zero-order valence-electron chi connectivity index (χ0n) is 14.1. The maximum Gasteiger partial charge on any atom is 0.250 e. The average molecular weight is 345 g/mol. The predicted octanol–water partition coefficient (Wildman–Crippen LogP) is 4.32. The van der Waals surface area contributed by atoms with E-state index in [1.54, 1.807) is 6.08 Å². The number of para-hydroxylation sites is 1. The number of nitrogens with zero attached hydrogens (tertiary/aromatic N) is 2. The molecular weight excluding hydrogens is 322 g/mol. The van der Waals surface area contributed by atoms with Crippen LogP contribution in [0.25, 0.3) is 6.08 Å². The number of hydrogen-bond donors (Lipinski definition) is 1. The Labute approximate surface area is 146 Å². The van der Waals surface area contributed by atoms with Gasteiger partial charge in [-0.2, -0.15) is 0 Å². The molecule has 0 unspecified atom stereocenters. The summed E-state index contributed by atoms with van der Waals surface area (Å²) in [6, 6.07) is 7.66. The third kappa shape index (κ3) is 5.77. The van der Waals surface area contributed by atoms with Crippen molar-refractivity contribution >= 4 is 28.5 Å². The van der Waals surface area contributed by atoms with Gasteiger partial charge in [0.25, 0.3) is 0 Å². The van der Waals surface area contributed by atoms with Gasteiger partial charge in [-0.05, 0) is 25.0 Å². The third-order valence-electron chi connectivity index (χ3n) is 3.24. The van der Waals surface area contributed by atoms with Crippen molar-refractivity contribution in [2.45, 2.75) is 39.5 Å². The zero-order chi connectivity index (χ0) is 17.2. The van der Waals surface area contributed by atoms with Crippen molar-refractivity contribution in [3.8, 4) is 5.75 Å². The molecule has 0 aliphatic rings. The second kappa shape index (κ2) is 9.82. The molecule has 0 saturated carbocycles. The Hall–Kier alpha value is -2.21. The van der Waals surface area contributed by atoms with Crippen LogP contribution in [0.15, 0.2) is 30.3 Å². The van der Waals surface area contributed by atoms with Gasteiger partial charge in [0.15, 0.2) is 0 Å². The van der Waals surface area contributed by atoms with Crippen molar-refractivity contribution in [2.75, 3.05) is 11.9 Å². The lowest BCUT2D eigenvalue weighted by atomic mass is 10.2. The van der Waals surface area contributed by atoms with Crippen molar-refractivity contribution in [3.63, 3.8) is 0 Å². The average Bonchev–Trinajstić information content (AvgIpc) is 3.04. The van der Waals surface area contributed by atoms with E-state index in [2.05, 4.69) is 29.4 Å². The standard InChI is InChI=1S/C18H23N3O2S/c1-3-5-10-17-20-21-18(24-17)19-16(22)12-11-14-8-6-7-9-15(14)23-13-4-2/h6-9,11-12H,3-5,10,13H2,1-2H3,(H,19,21,22)/b12-11+. The Morgan fingerprint density at radius 3 is 2.88 bits per heavy atom. The Morgan fingerprint density at radius 1 is 1.25 bits per heavy atom. The van der Waals surface area contributed by atoms with E-state index in [9.17, 15) is 4.79 Å². The Bertz CT molecular complexity index is 682. The van der Waals surface area contributed by atoms with E-state index in [1.165, 1.54) is 17.4 Å². The van der Waals surface area contributed by atoms with Gasteiger partial charge in [-0.1, -0.05) is 49.8 Å². The number of anilines is 1. The van der Waals surface area contributed by atoms with E-state index in [1.807, 2.05) is 24.3 Å². The Kier molecular flexibility index (Phi) is 7.42. The highest BCUT2D eigenvalue weighted by Crippen LogP contribution is 2.20. The van der Waals surface area contributed by atoms with Gasteiger partial charge in [0, 0.05) is 18.1 Å². The van der Waals surface area contributed by atoms with E-state index in [4.69, 9.17) is 4.74 Å². The van der Waals surface area contributed by atoms with Crippen LogP contribution in [0.3, 0.4) is 0 Å². The number of carbonyl (C=O) groups is 1. The molecule has 0 atom stereocenters. The number of amides is 1. The monoisotopic (exact) mass is 345 g/mol. The van der Waals surface area contributed by atoms with E-state index in [0.717, 1.165) is 42.0 Å². The summed E-state index contributed by atoms with van der Waals surface area (Å²) >= 11 is 1.42. The zero-order valence-corrected chi connectivity index (χ0v) is 14.9. The first-order valence-corrected chi connectivity index (χ1v) is 9.07. The van der Waals surface area contributed by atoms with Crippen molar-refractivity contribution in [3.05, 3.63) is 40.9 Å². The first kappa shape index (κ1) is 18.1. The number of carbonyl (C=O) groups excluding carboxylic acids is 1. The molecule has 1 N–H and O–H groups in total. The van der Waals surface area contributed by atoms with Gasteiger partial charge in [-0.3, -0.25) is 10.1 Å². The smallest absolute Gasteiger partial charge is 0.250 e. The SMILES string of the molecule is CCCCc1nnc(NC(=O)/C=C/c2ccccc2OCCC)s1. The summed E-state index contributed by atoms with van der Waals surface area (Å²) < 4.78 is 5.67. The van der Waals surface area contributed by atoms with Crippen LogP contribution in [-0.2, 0) is 11.2 Å². The van der Waals surface area contributed by atoms with Crippen LogP contribution in [0.4, 0.5) is 5.13 Å². The number of benzene rings is 1. The maximum absolute atomic E-state index is 12.0. The summed E-state index contributed by atoms with van der Waals surface area (Å²) in [6.45, 7) is 4.85. The van der Waals surface area contributed by atoms with Gasteiger partial charge >= 0.3 is 0 Å². The van der Waals surface area contributed by atoms with Crippen LogP contribution in [0, 0.1) is 0 Å². The molecule has 0 spiro atoms. The highest BCUT2D eigenvalue weighted by atomic mass is 32.1. The molecular formula is C18H23N3O2S. The first-order chi connectivity index (χ1) is 11.7. The Morgan fingerprint density at radius 2 is 2.08 bits per heavy atom. The molecule has 24 heavy (non-hydrogen) atoms. The van der Waals surface area contributed by atoms with Gasteiger partial charge in [0.2, 0.25) is 11.0 Å². The van der Waals surface area contributed by atoms with Crippen LogP contribution in [0.2, 0.25) is 0 Å². The van der Waals surface area contributed by atoms with Crippen molar-refractivity contribution in [2.24, 2.45) is 0 Å². The Balaban J connectivity index is 1.94. The summed E-state index contributed by atoms with van der Waals surface area (Å²) in [5.74, 6) is 0.555. The summed E-state index contributed by atoms with van der Waals surface area (Å²) in [7, 11) is 0. The van der Waals surface area contributed by atoms with Gasteiger partial charge in [-0.25, -0.2) is 0 Å². The summed E-state index contributed by atoms with van der Waals surface area (Å²) in [4.78, 5) is 12.0. The summed E-state index contributed by atoms with van der Waals surface area (Å²) in [5.41, 5.74) is 0.877. The second-order valence-corrected chi connectivity index (χ2v) is 6.38. The minimum absolute atomic E-state index is 0.224. The molecule has 0 aliphatic carbocycles. The van der Waals surface area contributed by atoms with Gasteiger partial charge in [-0.15, -0.1) is 10.2 Å². The minimum Gasteiger partial charge on any atom is -0.493 e. The first-order valence-electron chi connectivity index (χ1n) is 8.26. The molecule has 0 saturated heterocycles. The molecule has 1 heterocycles. The number of aromatic nitrogens is 2. The third-order valence-corrected chi connectivity index (χ3v) is 4.13. The van der Waals surface area contributed by atoms with Gasteiger partial charge < -0.3 is 4.74 Å². The lowest BCUT2D eigenvalue weighted by Crippen LogP contribution is -2.07. The van der Waals surface area contributed by atoms with Crippen LogP contribution >= 0.6 is 11.3 Å². The highest BCUT2D eigenvalue weighted by Gasteiger charge is 2.06. The fourth-order valence-electron chi connectivity index (χ4n) is 2.01. The van der Waals surface area contributed by atoms with Crippen LogP contribution in [0.1, 0.15) is 43.7 Å². The van der Waals surface area contributed by atoms with E-state index >= 15 is 0 Å². The molecule has 1 amide bonds. The maximum atomic E-state index is 12.0. The molecule has 0 aliphatic heterocycles. The molecule has 0 fully saturated rings. The van der Waals surface area contributed by atoms with Crippen LogP contribution in [0.5, 0.6) is 5.75 Å². The molecule has 5 nitrogen and oxygen atoms in total. The number of aryl methyl sites for hydroxylation is 1. The molecule has 0 bridgehead atoms. The predicted molar refractivity (Wildman–Crippen MR) is 98.4 cm³/mol. The van der Waals surface area contributed by atoms with E-state index in [-0.39, 0.29) is 5.91 Å². The fourth-order valence-corrected chi connectivity index (χ4v) is 2.79. The number of rotatable bonds is 9. The molecule has 2 rings (SSSR count). The van der Waals surface area contributed by atoms with Crippen LogP contribution in [-0.4, -0.2) is 22.7 Å². The minimum atomic E-state index is -0.224. The molecule has 6 heteroatoms.